The highest BCUT2D eigenvalue weighted by molar-refractivity contribution is 5.98. The minimum atomic E-state index is -0.676. The van der Waals surface area contributed by atoms with E-state index < -0.39 is 24.5 Å². The summed E-state index contributed by atoms with van der Waals surface area (Å²) >= 11 is 0. The number of hydrogen-bond acceptors (Lipinski definition) is 6. The number of nitrogens with one attached hydrogen (secondary N) is 2. The maximum atomic E-state index is 12.1. The summed E-state index contributed by atoms with van der Waals surface area (Å²) in [6, 6.07) is 4.25. The fourth-order valence-electron chi connectivity index (χ4n) is 3.20. The van der Waals surface area contributed by atoms with E-state index in [1.165, 1.54) is 6.20 Å². The van der Waals surface area contributed by atoms with Gasteiger partial charge in [-0.25, -0.2) is 9.59 Å². The maximum Gasteiger partial charge on any atom is 0.338 e. The van der Waals surface area contributed by atoms with Crippen LogP contribution in [0.2, 0.25) is 0 Å². The lowest BCUT2D eigenvalue weighted by Gasteiger charge is -2.29. The zero-order valence-electron chi connectivity index (χ0n) is 15.1. The Hall–Kier alpha value is -3.03. The van der Waals surface area contributed by atoms with Crippen molar-refractivity contribution in [2.75, 3.05) is 6.61 Å². The predicted octanol–water partition coefficient (Wildman–Crippen LogP) is 2.19. The second kappa shape index (κ2) is 8.57. The summed E-state index contributed by atoms with van der Waals surface area (Å²) in [5, 5.41) is 5.01. The zero-order valence-corrected chi connectivity index (χ0v) is 15.1. The molecular formula is C19H22N4O4. The third kappa shape index (κ3) is 4.99. The number of carbonyl (C=O) groups is 3. The Labute approximate surface area is 156 Å². The maximum absolute atomic E-state index is 12.1. The van der Waals surface area contributed by atoms with Crippen molar-refractivity contribution in [2.24, 2.45) is 5.92 Å². The first-order valence-electron chi connectivity index (χ1n) is 9.01. The average Bonchev–Trinajstić information content (AvgIpc) is 2.67. The molecule has 2 aromatic rings. The number of hydrogen-bond donors (Lipinski definition) is 2. The Kier molecular flexibility index (Phi) is 5.95. The van der Waals surface area contributed by atoms with Crippen molar-refractivity contribution in [1.29, 1.82) is 0 Å². The minimum Gasteiger partial charge on any atom is -0.452 e. The molecule has 0 aliphatic heterocycles. The molecule has 0 unspecified atom stereocenters. The van der Waals surface area contributed by atoms with Crippen molar-refractivity contribution in [3.63, 3.8) is 0 Å². The standard InChI is InChI=1S/C19H22N4O4/c1-12-4-2-3-5-14(12)22-19(26)23-17(24)11-27-18(25)13-6-7-15-16(10-13)21-9-8-20-15/h6-10,12,14H,2-5,11H2,1H3,(H2,22,23,24,26)/t12-,14+/m1/s1. The van der Waals surface area contributed by atoms with Gasteiger partial charge in [0.15, 0.2) is 6.61 Å². The molecule has 1 aromatic carbocycles. The summed E-state index contributed by atoms with van der Waals surface area (Å²) in [6.45, 7) is 1.55. The first kappa shape index (κ1) is 18.8. The number of nitrogens with zero attached hydrogens (tertiary/aromatic N) is 2. The van der Waals surface area contributed by atoms with Gasteiger partial charge in [-0.15, -0.1) is 0 Å². The molecule has 3 amide bonds. The molecule has 27 heavy (non-hydrogen) atoms. The van der Waals surface area contributed by atoms with Crippen LogP contribution < -0.4 is 10.6 Å². The van der Waals surface area contributed by atoms with Crippen LogP contribution in [0, 0.1) is 5.92 Å². The van der Waals surface area contributed by atoms with Gasteiger partial charge in [-0.2, -0.15) is 0 Å². The van der Waals surface area contributed by atoms with Crippen molar-refractivity contribution in [1.82, 2.24) is 20.6 Å². The Morgan fingerprint density at radius 1 is 1.11 bits per heavy atom. The van der Waals surface area contributed by atoms with E-state index in [0.717, 1.165) is 25.7 Å². The van der Waals surface area contributed by atoms with E-state index in [9.17, 15) is 14.4 Å². The van der Waals surface area contributed by atoms with E-state index in [0.29, 0.717) is 17.0 Å². The van der Waals surface area contributed by atoms with E-state index in [1.54, 1.807) is 24.4 Å². The van der Waals surface area contributed by atoms with Crippen LogP contribution in [0.5, 0.6) is 0 Å². The van der Waals surface area contributed by atoms with Crippen molar-refractivity contribution < 1.29 is 19.1 Å². The Morgan fingerprint density at radius 3 is 2.63 bits per heavy atom. The molecule has 3 rings (SSSR count). The van der Waals surface area contributed by atoms with Crippen LogP contribution in [0.25, 0.3) is 11.0 Å². The molecule has 1 fully saturated rings. The van der Waals surface area contributed by atoms with Crippen LogP contribution in [0.4, 0.5) is 4.79 Å². The first-order chi connectivity index (χ1) is 13.0. The van der Waals surface area contributed by atoms with Crippen LogP contribution in [0.15, 0.2) is 30.6 Å². The van der Waals surface area contributed by atoms with Crippen molar-refractivity contribution in [2.45, 2.75) is 38.6 Å². The van der Waals surface area contributed by atoms with Gasteiger partial charge in [0.2, 0.25) is 0 Å². The number of urea groups is 1. The molecule has 2 atom stereocenters. The quantitative estimate of drug-likeness (QED) is 0.798. The van der Waals surface area contributed by atoms with Crippen LogP contribution in [-0.4, -0.2) is 40.5 Å². The second-order valence-electron chi connectivity index (χ2n) is 6.73. The van der Waals surface area contributed by atoms with Gasteiger partial charge >= 0.3 is 12.0 Å². The summed E-state index contributed by atoms with van der Waals surface area (Å²) in [5.74, 6) is -0.961. The average molecular weight is 370 g/mol. The Balaban J connectivity index is 1.47. The van der Waals surface area contributed by atoms with Gasteiger partial charge in [0.1, 0.15) is 0 Å². The van der Waals surface area contributed by atoms with Gasteiger partial charge in [0, 0.05) is 18.4 Å². The number of imide groups is 1. The third-order valence-electron chi connectivity index (χ3n) is 4.72. The van der Waals surface area contributed by atoms with E-state index >= 15 is 0 Å². The van der Waals surface area contributed by atoms with Gasteiger partial charge < -0.3 is 10.1 Å². The number of ether oxygens (including phenoxy) is 1. The van der Waals surface area contributed by atoms with Gasteiger partial charge in [0.25, 0.3) is 5.91 Å². The zero-order chi connectivity index (χ0) is 19.2. The summed E-state index contributed by atoms with van der Waals surface area (Å²) in [6.07, 6.45) is 7.28. The normalized spacial score (nSPS) is 19.3. The van der Waals surface area contributed by atoms with E-state index in [2.05, 4.69) is 27.5 Å². The summed E-state index contributed by atoms with van der Waals surface area (Å²) in [5.41, 5.74) is 1.47. The molecule has 1 saturated carbocycles. The topological polar surface area (TPSA) is 110 Å². The first-order valence-corrected chi connectivity index (χ1v) is 9.01. The molecule has 1 aromatic heterocycles. The Bertz CT molecular complexity index is 854. The Morgan fingerprint density at radius 2 is 1.85 bits per heavy atom. The highest BCUT2D eigenvalue weighted by Gasteiger charge is 2.23. The predicted molar refractivity (Wildman–Crippen MR) is 97.9 cm³/mol. The van der Waals surface area contributed by atoms with E-state index in [1.807, 2.05) is 0 Å². The molecule has 1 heterocycles. The molecule has 2 N–H and O–H groups in total. The van der Waals surface area contributed by atoms with Crippen LogP contribution in [0.1, 0.15) is 43.0 Å². The van der Waals surface area contributed by atoms with Crippen molar-refractivity contribution >= 4 is 28.9 Å². The lowest BCUT2D eigenvalue weighted by Crippen LogP contribution is -2.48. The highest BCUT2D eigenvalue weighted by atomic mass is 16.5. The smallest absolute Gasteiger partial charge is 0.338 e. The van der Waals surface area contributed by atoms with Crippen molar-refractivity contribution in [3.8, 4) is 0 Å². The lowest BCUT2D eigenvalue weighted by molar-refractivity contribution is -0.123. The van der Waals surface area contributed by atoms with Crippen LogP contribution in [0.3, 0.4) is 0 Å². The third-order valence-corrected chi connectivity index (χ3v) is 4.72. The van der Waals surface area contributed by atoms with Gasteiger partial charge in [-0.3, -0.25) is 20.1 Å². The number of benzene rings is 1. The SMILES string of the molecule is C[C@@H]1CCCC[C@@H]1NC(=O)NC(=O)COC(=O)c1ccc2nccnc2c1. The fraction of sp³-hybridized carbons (Fsp3) is 0.421. The van der Waals surface area contributed by atoms with Crippen LogP contribution >= 0.6 is 0 Å². The molecule has 0 saturated heterocycles. The molecule has 142 valence electrons. The molecule has 8 heteroatoms. The molecule has 0 bridgehead atoms. The van der Waals surface area contributed by atoms with Gasteiger partial charge in [0.05, 0.1) is 16.6 Å². The summed E-state index contributed by atoms with van der Waals surface area (Å²) in [4.78, 5) is 44.1. The monoisotopic (exact) mass is 370 g/mol. The van der Waals surface area contributed by atoms with E-state index in [-0.39, 0.29) is 11.6 Å². The molecular weight excluding hydrogens is 348 g/mol. The van der Waals surface area contributed by atoms with Crippen LogP contribution in [-0.2, 0) is 9.53 Å². The minimum absolute atomic E-state index is 0.0628. The molecule has 0 spiro atoms. The fourth-order valence-corrected chi connectivity index (χ4v) is 3.20. The molecule has 8 nitrogen and oxygen atoms in total. The highest BCUT2D eigenvalue weighted by Crippen LogP contribution is 2.23. The largest absolute Gasteiger partial charge is 0.452 e. The molecule has 1 aliphatic rings. The van der Waals surface area contributed by atoms with Crippen molar-refractivity contribution in [3.05, 3.63) is 36.2 Å². The lowest BCUT2D eigenvalue weighted by atomic mass is 9.86. The number of rotatable bonds is 4. The number of esters is 1. The number of carbonyl (C=O) groups excluding carboxylic acids is 3. The number of amides is 3. The number of fused-ring (bicyclic) bond motifs is 1. The van der Waals surface area contributed by atoms with Gasteiger partial charge in [-0.1, -0.05) is 19.8 Å². The van der Waals surface area contributed by atoms with Gasteiger partial charge in [-0.05, 0) is 37.0 Å². The summed E-state index contributed by atoms with van der Waals surface area (Å²) < 4.78 is 4.97. The molecule has 1 aliphatic carbocycles. The molecule has 0 radical (unpaired) electrons. The van der Waals surface area contributed by atoms with E-state index in [4.69, 9.17) is 4.74 Å². The number of aromatic nitrogens is 2. The second-order valence-corrected chi connectivity index (χ2v) is 6.73. The summed E-state index contributed by atoms with van der Waals surface area (Å²) in [7, 11) is 0.